The van der Waals surface area contributed by atoms with Crippen LogP contribution in [0.1, 0.15) is 284 Å². The van der Waals surface area contributed by atoms with Crippen LogP contribution >= 0.6 is 0 Å². The quantitative estimate of drug-likeness (QED) is 0.0262. The van der Waals surface area contributed by atoms with Crippen molar-refractivity contribution in [3.63, 3.8) is 0 Å². The van der Waals surface area contributed by atoms with Crippen LogP contribution in [0.15, 0.2) is 72.9 Å². The molecule has 0 bridgehead atoms. The third kappa shape index (κ3) is 53.8. The van der Waals surface area contributed by atoms with Crippen LogP contribution in [0.4, 0.5) is 0 Å². The SMILES string of the molecule is CC/C=C\C/C=C\C/C=C\CCCCCCCC(=O)OCC(COC(=O)CCCCCCCCCCCCCCCCCCCCCC)OC(=O)CCCCCCC/C=C\C/C=C\C/C=C\CC. The normalized spacial score (nSPS) is 12.6. The Morgan fingerprint density at radius 1 is 0.309 bits per heavy atom. The smallest absolute Gasteiger partial charge is 0.306 e. The molecule has 0 rings (SSSR count). The van der Waals surface area contributed by atoms with Crippen LogP contribution in [-0.2, 0) is 28.6 Å². The largest absolute Gasteiger partial charge is 0.462 e. The highest BCUT2D eigenvalue weighted by molar-refractivity contribution is 5.71. The molecule has 0 heterocycles. The summed E-state index contributed by atoms with van der Waals surface area (Å²) in [5.74, 6) is -0.911. The first-order chi connectivity index (χ1) is 33.5. The lowest BCUT2D eigenvalue weighted by atomic mass is 10.0. The summed E-state index contributed by atoms with van der Waals surface area (Å²) in [6, 6.07) is 0. The fraction of sp³-hybridized carbons (Fsp3) is 0.758. The topological polar surface area (TPSA) is 78.9 Å². The highest BCUT2D eigenvalue weighted by Gasteiger charge is 2.19. The molecule has 68 heavy (non-hydrogen) atoms. The maximum Gasteiger partial charge on any atom is 0.306 e. The van der Waals surface area contributed by atoms with Gasteiger partial charge in [-0.25, -0.2) is 0 Å². The van der Waals surface area contributed by atoms with Crippen molar-refractivity contribution in [3.8, 4) is 0 Å². The van der Waals surface area contributed by atoms with Crippen LogP contribution in [0.2, 0.25) is 0 Å². The zero-order valence-corrected chi connectivity index (χ0v) is 44.9. The van der Waals surface area contributed by atoms with Gasteiger partial charge in [-0.1, -0.05) is 254 Å². The van der Waals surface area contributed by atoms with Crippen LogP contribution in [0.5, 0.6) is 0 Å². The molecular formula is C62H108O6. The summed E-state index contributed by atoms with van der Waals surface area (Å²) < 4.78 is 16.9. The molecule has 0 aliphatic heterocycles. The molecule has 0 saturated heterocycles. The Hall–Kier alpha value is -3.15. The molecule has 6 nitrogen and oxygen atoms in total. The molecule has 0 saturated carbocycles. The highest BCUT2D eigenvalue weighted by atomic mass is 16.6. The number of hydrogen-bond acceptors (Lipinski definition) is 6. The maximum absolute atomic E-state index is 12.8. The zero-order valence-electron chi connectivity index (χ0n) is 44.9. The molecule has 0 spiro atoms. The first-order valence-electron chi connectivity index (χ1n) is 28.9. The predicted molar refractivity (Wildman–Crippen MR) is 293 cm³/mol. The highest BCUT2D eigenvalue weighted by Crippen LogP contribution is 2.16. The van der Waals surface area contributed by atoms with Crippen molar-refractivity contribution in [2.24, 2.45) is 0 Å². The first kappa shape index (κ1) is 64.8. The summed E-state index contributed by atoms with van der Waals surface area (Å²) in [5, 5.41) is 0. The molecular weight excluding hydrogens is 841 g/mol. The summed E-state index contributed by atoms with van der Waals surface area (Å²) >= 11 is 0. The Labute approximate surface area is 421 Å². The molecule has 392 valence electrons. The van der Waals surface area contributed by atoms with Crippen molar-refractivity contribution < 1.29 is 28.6 Å². The van der Waals surface area contributed by atoms with Crippen LogP contribution < -0.4 is 0 Å². The summed E-state index contributed by atoms with van der Waals surface area (Å²) in [6.07, 6.45) is 71.8. The van der Waals surface area contributed by atoms with Gasteiger partial charge in [0.1, 0.15) is 13.2 Å². The van der Waals surface area contributed by atoms with Crippen LogP contribution in [0, 0.1) is 0 Å². The number of unbranched alkanes of at least 4 members (excludes halogenated alkanes) is 29. The fourth-order valence-corrected chi connectivity index (χ4v) is 8.18. The molecule has 0 amide bonds. The zero-order chi connectivity index (χ0) is 49.3. The molecule has 0 aromatic carbocycles. The molecule has 1 atom stereocenters. The van der Waals surface area contributed by atoms with Crippen LogP contribution in [0.25, 0.3) is 0 Å². The molecule has 0 aliphatic rings. The summed E-state index contributed by atoms with van der Waals surface area (Å²) in [7, 11) is 0. The van der Waals surface area contributed by atoms with Gasteiger partial charge in [0.05, 0.1) is 0 Å². The summed E-state index contributed by atoms with van der Waals surface area (Å²) in [6.45, 7) is 6.42. The van der Waals surface area contributed by atoms with Gasteiger partial charge in [0.2, 0.25) is 0 Å². The van der Waals surface area contributed by atoms with E-state index in [1.807, 2.05) is 0 Å². The first-order valence-corrected chi connectivity index (χ1v) is 28.9. The van der Waals surface area contributed by atoms with E-state index in [9.17, 15) is 14.4 Å². The van der Waals surface area contributed by atoms with Gasteiger partial charge in [0, 0.05) is 19.3 Å². The average molecular weight is 950 g/mol. The molecule has 1 unspecified atom stereocenters. The standard InChI is InChI=1S/C62H108O6/c1-4-7-10-13-16-19-22-25-28-29-30-31-32-35-37-40-43-46-49-52-55-61(64)67-58-59(68-62(65)56-53-50-47-44-41-38-34-27-24-21-18-15-12-9-6-3)57-66-60(63)54-51-48-45-42-39-36-33-26-23-20-17-14-11-8-5-2/h8-9,11-12,17-18,20-21,26-27,33-34,59H,4-7,10,13-16,19,22-25,28-32,35-58H2,1-3H3/b11-8-,12-9-,20-17-,21-18-,33-26-,34-27-. The third-order valence-corrected chi connectivity index (χ3v) is 12.5. The number of allylic oxidation sites excluding steroid dienone is 12. The Morgan fingerprint density at radius 3 is 0.897 bits per heavy atom. The van der Waals surface area contributed by atoms with E-state index in [1.54, 1.807) is 0 Å². The molecule has 6 heteroatoms. The number of carbonyl (C=O) groups excluding carboxylic acids is 3. The van der Waals surface area contributed by atoms with Crippen LogP contribution in [-0.4, -0.2) is 37.2 Å². The van der Waals surface area contributed by atoms with E-state index in [4.69, 9.17) is 14.2 Å². The van der Waals surface area contributed by atoms with Gasteiger partial charge in [-0.2, -0.15) is 0 Å². The summed E-state index contributed by atoms with van der Waals surface area (Å²) in [5.41, 5.74) is 0. The van der Waals surface area contributed by atoms with Crippen molar-refractivity contribution in [1.82, 2.24) is 0 Å². The Morgan fingerprint density at radius 2 is 0.574 bits per heavy atom. The van der Waals surface area contributed by atoms with Gasteiger partial charge >= 0.3 is 17.9 Å². The van der Waals surface area contributed by atoms with Crippen LogP contribution in [0.3, 0.4) is 0 Å². The fourth-order valence-electron chi connectivity index (χ4n) is 8.18. The van der Waals surface area contributed by atoms with Crippen molar-refractivity contribution in [3.05, 3.63) is 72.9 Å². The van der Waals surface area contributed by atoms with E-state index >= 15 is 0 Å². The monoisotopic (exact) mass is 949 g/mol. The van der Waals surface area contributed by atoms with Crippen molar-refractivity contribution in [2.45, 2.75) is 290 Å². The van der Waals surface area contributed by atoms with Gasteiger partial charge in [0.15, 0.2) is 6.10 Å². The van der Waals surface area contributed by atoms with E-state index in [2.05, 4.69) is 93.7 Å². The minimum Gasteiger partial charge on any atom is -0.462 e. The Balaban J connectivity index is 4.37. The van der Waals surface area contributed by atoms with Crippen molar-refractivity contribution in [1.29, 1.82) is 0 Å². The maximum atomic E-state index is 12.8. The van der Waals surface area contributed by atoms with Gasteiger partial charge in [-0.05, 0) is 83.5 Å². The minimum atomic E-state index is -0.791. The Kier molecular flexibility index (Phi) is 53.8. The van der Waals surface area contributed by atoms with E-state index in [1.165, 1.54) is 109 Å². The lowest BCUT2D eigenvalue weighted by molar-refractivity contribution is -0.167. The number of rotatable bonds is 52. The van der Waals surface area contributed by atoms with Gasteiger partial charge in [0.25, 0.3) is 0 Å². The number of ether oxygens (including phenoxy) is 3. The summed E-state index contributed by atoms with van der Waals surface area (Å²) in [4.78, 5) is 38.2. The second-order valence-electron chi connectivity index (χ2n) is 19.1. The van der Waals surface area contributed by atoms with Crippen molar-refractivity contribution >= 4 is 17.9 Å². The third-order valence-electron chi connectivity index (χ3n) is 12.5. The molecule has 0 radical (unpaired) electrons. The Bertz CT molecular complexity index is 1270. The molecule has 0 aromatic heterocycles. The van der Waals surface area contributed by atoms with Gasteiger partial charge < -0.3 is 14.2 Å². The average Bonchev–Trinajstić information content (AvgIpc) is 3.34. The minimum absolute atomic E-state index is 0.0860. The molecule has 0 aliphatic carbocycles. The number of carbonyl (C=O) groups is 3. The predicted octanol–water partition coefficient (Wildman–Crippen LogP) is 19.4. The van der Waals surface area contributed by atoms with Gasteiger partial charge in [-0.3, -0.25) is 14.4 Å². The van der Waals surface area contributed by atoms with E-state index in [0.717, 1.165) is 135 Å². The van der Waals surface area contributed by atoms with E-state index < -0.39 is 6.10 Å². The lowest BCUT2D eigenvalue weighted by Crippen LogP contribution is -2.30. The van der Waals surface area contributed by atoms with Crippen molar-refractivity contribution in [2.75, 3.05) is 13.2 Å². The lowest BCUT2D eigenvalue weighted by Gasteiger charge is -2.18. The number of esters is 3. The molecule has 0 fully saturated rings. The molecule has 0 N–H and O–H groups in total. The second-order valence-corrected chi connectivity index (χ2v) is 19.1. The van der Waals surface area contributed by atoms with E-state index in [0.29, 0.717) is 19.3 Å². The van der Waals surface area contributed by atoms with E-state index in [-0.39, 0.29) is 31.1 Å². The number of hydrogen-bond donors (Lipinski definition) is 0. The second kappa shape index (κ2) is 56.4. The van der Waals surface area contributed by atoms with Gasteiger partial charge in [-0.15, -0.1) is 0 Å². The molecule has 0 aromatic rings.